The zero-order valence-corrected chi connectivity index (χ0v) is 14.7. The highest BCUT2D eigenvalue weighted by Crippen LogP contribution is 2.39. The van der Waals surface area contributed by atoms with Crippen molar-refractivity contribution in [3.05, 3.63) is 28.8 Å². The maximum atomic E-state index is 12.1. The quantitative estimate of drug-likeness (QED) is 0.766. The van der Waals surface area contributed by atoms with Gasteiger partial charge in [-0.2, -0.15) is 0 Å². The van der Waals surface area contributed by atoms with Crippen LogP contribution in [0.4, 0.5) is 0 Å². The Labute approximate surface area is 143 Å². The molecule has 1 amide bonds. The summed E-state index contributed by atoms with van der Waals surface area (Å²) in [6.45, 7) is 2.74. The second kappa shape index (κ2) is 9.14. The summed E-state index contributed by atoms with van der Waals surface area (Å²) >= 11 is 6.17. The van der Waals surface area contributed by atoms with Crippen LogP contribution < -0.4 is 10.1 Å². The Bertz CT molecular complexity index is 515. The number of benzene rings is 1. The Morgan fingerprint density at radius 2 is 2.09 bits per heavy atom. The first-order chi connectivity index (χ1) is 11.1. The van der Waals surface area contributed by atoms with Gasteiger partial charge < -0.3 is 14.8 Å². The standard InChI is InChI=1S/C18H26ClNO3/c1-13(18(21)20-10-11-22-2)23-17-9-8-15(19)12-16(17)14-6-4-3-5-7-14/h8-9,12-14H,3-7,10-11H2,1-2H3,(H,20,21)/t13-/m1/s1. The molecule has 1 N–H and O–H groups in total. The van der Waals surface area contributed by atoms with Crippen molar-refractivity contribution in [3.63, 3.8) is 0 Å². The van der Waals surface area contributed by atoms with Crippen LogP contribution in [0.5, 0.6) is 5.75 Å². The van der Waals surface area contributed by atoms with Gasteiger partial charge in [0.25, 0.3) is 5.91 Å². The largest absolute Gasteiger partial charge is 0.481 e. The third-order valence-electron chi connectivity index (χ3n) is 4.30. The molecule has 1 aromatic carbocycles. The van der Waals surface area contributed by atoms with E-state index in [1.165, 1.54) is 19.3 Å². The van der Waals surface area contributed by atoms with E-state index in [4.69, 9.17) is 21.1 Å². The van der Waals surface area contributed by atoms with Crippen molar-refractivity contribution in [2.24, 2.45) is 0 Å². The molecule has 1 fully saturated rings. The molecule has 0 saturated heterocycles. The van der Waals surface area contributed by atoms with Crippen molar-refractivity contribution in [2.75, 3.05) is 20.3 Å². The summed E-state index contributed by atoms with van der Waals surface area (Å²) < 4.78 is 10.9. The number of halogens is 1. The molecule has 128 valence electrons. The predicted molar refractivity (Wildman–Crippen MR) is 92.3 cm³/mol. The molecule has 0 spiro atoms. The third-order valence-corrected chi connectivity index (χ3v) is 4.53. The van der Waals surface area contributed by atoms with Crippen molar-refractivity contribution in [1.29, 1.82) is 0 Å². The van der Waals surface area contributed by atoms with Crippen LogP contribution in [0.1, 0.15) is 50.5 Å². The van der Waals surface area contributed by atoms with E-state index in [1.807, 2.05) is 18.2 Å². The maximum Gasteiger partial charge on any atom is 0.260 e. The van der Waals surface area contributed by atoms with Gasteiger partial charge in [-0.3, -0.25) is 4.79 Å². The van der Waals surface area contributed by atoms with E-state index in [-0.39, 0.29) is 5.91 Å². The van der Waals surface area contributed by atoms with Gasteiger partial charge in [0.1, 0.15) is 5.75 Å². The lowest BCUT2D eigenvalue weighted by Crippen LogP contribution is -2.38. The van der Waals surface area contributed by atoms with Gasteiger partial charge in [0.2, 0.25) is 0 Å². The fraction of sp³-hybridized carbons (Fsp3) is 0.611. The summed E-state index contributed by atoms with van der Waals surface area (Å²) in [5, 5.41) is 3.52. The van der Waals surface area contributed by atoms with E-state index in [1.54, 1.807) is 14.0 Å². The van der Waals surface area contributed by atoms with Gasteiger partial charge in [-0.1, -0.05) is 30.9 Å². The zero-order chi connectivity index (χ0) is 16.7. The van der Waals surface area contributed by atoms with Gasteiger partial charge in [0, 0.05) is 18.7 Å². The minimum absolute atomic E-state index is 0.133. The highest BCUT2D eigenvalue weighted by molar-refractivity contribution is 6.30. The highest BCUT2D eigenvalue weighted by Gasteiger charge is 2.22. The topological polar surface area (TPSA) is 47.6 Å². The molecule has 2 rings (SSSR count). The Balaban J connectivity index is 2.04. The normalized spacial score (nSPS) is 16.8. The molecule has 0 unspecified atom stereocenters. The summed E-state index contributed by atoms with van der Waals surface area (Å²) in [7, 11) is 1.61. The molecule has 1 aliphatic rings. The lowest BCUT2D eigenvalue weighted by molar-refractivity contribution is -0.127. The van der Waals surface area contributed by atoms with E-state index in [9.17, 15) is 4.79 Å². The van der Waals surface area contributed by atoms with Gasteiger partial charge in [0.05, 0.1) is 6.61 Å². The number of ether oxygens (including phenoxy) is 2. The number of hydrogen-bond donors (Lipinski definition) is 1. The number of carbonyl (C=O) groups excluding carboxylic acids is 1. The number of rotatable bonds is 7. The summed E-state index contributed by atoms with van der Waals surface area (Å²) in [4.78, 5) is 12.1. The van der Waals surface area contributed by atoms with Crippen LogP contribution in [0, 0.1) is 0 Å². The molecule has 0 heterocycles. The molecule has 1 atom stereocenters. The summed E-state index contributed by atoms with van der Waals surface area (Å²) in [6, 6.07) is 5.69. The van der Waals surface area contributed by atoms with Gasteiger partial charge >= 0.3 is 0 Å². The Morgan fingerprint density at radius 3 is 2.78 bits per heavy atom. The first-order valence-corrected chi connectivity index (χ1v) is 8.72. The fourth-order valence-corrected chi connectivity index (χ4v) is 3.20. The predicted octanol–water partition coefficient (Wildman–Crippen LogP) is 3.92. The van der Waals surface area contributed by atoms with Gasteiger partial charge in [-0.25, -0.2) is 0 Å². The second-order valence-electron chi connectivity index (χ2n) is 6.06. The van der Waals surface area contributed by atoms with Crippen LogP contribution in [-0.4, -0.2) is 32.3 Å². The van der Waals surface area contributed by atoms with Crippen molar-refractivity contribution in [1.82, 2.24) is 5.32 Å². The first kappa shape index (κ1) is 18.1. The SMILES string of the molecule is COCCNC(=O)[C@@H](C)Oc1ccc(Cl)cc1C1CCCCC1. The Kier molecular flexibility index (Phi) is 7.18. The number of methoxy groups -OCH3 is 1. The number of carbonyl (C=O) groups is 1. The average molecular weight is 340 g/mol. The molecule has 1 aromatic rings. The third kappa shape index (κ3) is 5.40. The van der Waals surface area contributed by atoms with Crippen LogP contribution in [0.2, 0.25) is 5.02 Å². The lowest BCUT2D eigenvalue weighted by atomic mass is 9.83. The van der Waals surface area contributed by atoms with Crippen molar-refractivity contribution in [3.8, 4) is 5.75 Å². The van der Waals surface area contributed by atoms with Crippen LogP contribution in [-0.2, 0) is 9.53 Å². The lowest BCUT2D eigenvalue weighted by Gasteiger charge is -2.25. The highest BCUT2D eigenvalue weighted by atomic mass is 35.5. The van der Waals surface area contributed by atoms with Crippen molar-refractivity contribution >= 4 is 17.5 Å². The molecule has 0 bridgehead atoms. The molecular weight excluding hydrogens is 314 g/mol. The molecule has 0 aliphatic heterocycles. The molecule has 0 radical (unpaired) electrons. The van der Waals surface area contributed by atoms with Gasteiger partial charge in [-0.05, 0) is 49.4 Å². The monoisotopic (exact) mass is 339 g/mol. The smallest absolute Gasteiger partial charge is 0.260 e. The Hall–Kier alpha value is -1.26. The molecular formula is C18H26ClNO3. The summed E-state index contributed by atoms with van der Waals surface area (Å²) in [5.74, 6) is 1.11. The van der Waals surface area contributed by atoms with Crippen molar-refractivity contribution in [2.45, 2.75) is 51.0 Å². The van der Waals surface area contributed by atoms with Crippen LogP contribution in [0.25, 0.3) is 0 Å². The second-order valence-corrected chi connectivity index (χ2v) is 6.50. The first-order valence-electron chi connectivity index (χ1n) is 8.34. The fourth-order valence-electron chi connectivity index (χ4n) is 3.02. The molecule has 1 aliphatic carbocycles. The number of hydrogen-bond acceptors (Lipinski definition) is 3. The minimum atomic E-state index is -0.546. The Morgan fingerprint density at radius 1 is 1.35 bits per heavy atom. The molecule has 0 aromatic heterocycles. The molecule has 1 saturated carbocycles. The number of nitrogens with one attached hydrogen (secondary N) is 1. The molecule has 4 nitrogen and oxygen atoms in total. The summed E-state index contributed by atoms with van der Waals surface area (Å²) in [6.07, 6.45) is 5.55. The number of amides is 1. The van der Waals surface area contributed by atoms with Crippen LogP contribution >= 0.6 is 11.6 Å². The van der Waals surface area contributed by atoms with E-state index in [0.717, 1.165) is 29.2 Å². The minimum Gasteiger partial charge on any atom is -0.481 e. The van der Waals surface area contributed by atoms with E-state index in [2.05, 4.69) is 5.32 Å². The zero-order valence-electron chi connectivity index (χ0n) is 13.9. The van der Waals surface area contributed by atoms with Crippen LogP contribution in [0.3, 0.4) is 0 Å². The molecule has 5 heteroatoms. The van der Waals surface area contributed by atoms with Crippen molar-refractivity contribution < 1.29 is 14.3 Å². The summed E-state index contributed by atoms with van der Waals surface area (Å²) in [5.41, 5.74) is 1.13. The molecule has 23 heavy (non-hydrogen) atoms. The van der Waals surface area contributed by atoms with Gasteiger partial charge in [-0.15, -0.1) is 0 Å². The average Bonchev–Trinajstić information content (AvgIpc) is 2.57. The van der Waals surface area contributed by atoms with E-state index in [0.29, 0.717) is 19.1 Å². The van der Waals surface area contributed by atoms with Crippen LogP contribution in [0.15, 0.2) is 18.2 Å². The van der Waals surface area contributed by atoms with Gasteiger partial charge in [0.15, 0.2) is 6.10 Å². The van der Waals surface area contributed by atoms with E-state index < -0.39 is 6.10 Å². The maximum absolute atomic E-state index is 12.1. The van der Waals surface area contributed by atoms with E-state index >= 15 is 0 Å².